The zero-order chi connectivity index (χ0) is 12.6. The van der Waals surface area contributed by atoms with Gasteiger partial charge < -0.3 is 9.84 Å². The van der Waals surface area contributed by atoms with Crippen molar-refractivity contribution in [1.82, 2.24) is 0 Å². The standard InChI is InChI=1S/C15H24O3/c16-13(17)14(6-4-7-14)11-12-5-10-15(18-12)8-2-1-3-9-15/h12H,1-11H2,(H,16,17). The van der Waals surface area contributed by atoms with Gasteiger partial charge in [-0.3, -0.25) is 4.79 Å². The maximum Gasteiger partial charge on any atom is 0.309 e. The van der Waals surface area contributed by atoms with Crippen molar-refractivity contribution in [1.29, 1.82) is 0 Å². The topological polar surface area (TPSA) is 46.5 Å². The molecule has 1 aliphatic heterocycles. The van der Waals surface area contributed by atoms with Crippen LogP contribution in [0.15, 0.2) is 0 Å². The Bertz CT molecular complexity index is 327. The Morgan fingerprint density at radius 2 is 1.78 bits per heavy atom. The molecule has 2 saturated carbocycles. The molecule has 3 fully saturated rings. The highest BCUT2D eigenvalue weighted by atomic mass is 16.5. The van der Waals surface area contributed by atoms with Gasteiger partial charge in [-0.05, 0) is 44.9 Å². The lowest BCUT2D eigenvalue weighted by molar-refractivity contribution is -0.160. The second-order valence-electron chi connectivity index (χ2n) is 6.67. The summed E-state index contributed by atoms with van der Waals surface area (Å²) in [6.45, 7) is 0. The molecule has 102 valence electrons. The third-order valence-electron chi connectivity index (χ3n) is 5.49. The molecule has 0 aromatic rings. The molecule has 3 rings (SSSR count). The molecule has 0 bridgehead atoms. The minimum atomic E-state index is -0.595. The summed E-state index contributed by atoms with van der Waals surface area (Å²) < 4.78 is 6.31. The van der Waals surface area contributed by atoms with Gasteiger partial charge in [0.05, 0.1) is 17.1 Å². The quantitative estimate of drug-likeness (QED) is 0.836. The van der Waals surface area contributed by atoms with E-state index in [9.17, 15) is 9.90 Å². The fourth-order valence-corrected chi connectivity index (χ4v) is 4.15. The Kier molecular flexibility index (Phi) is 3.13. The number of carbonyl (C=O) groups is 1. The van der Waals surface area contributed by atoms with Crippen molar-refractivity contribution in [3.05, 3.63) is 0 Å². The first-order chi connectivity index (χ1) is 8.64. The number of carboxylic acid groups (broad SMARTS) is 1. The van der Waals surface area contributed by atoms with Crippen molar-refractivity contribution in [2.24, 2.45) is 5.41 Å². The molecule has 3 aliphatic rings. The predicted molar refractivity (Wildman–Crippen MR) is 68.5 cm³/mol. The maximum absolute atomic E-state index is 11.4. The van der Waals surface area contributed by atoms with Crippen LogP contribution in [0.3, 0.4) is 0 Å². The average Bonchev–Trinajstić information content (AvgIpc) is 2.67. The number of hydrogen-bond acceptors (Lipinski definition) is 2. The molecule has 1 saturated heterocycles. The summed E-state index contributed by atoms with van der Waals surface area (Å²) in [6.07, 6.45) is 12.3. The molecule has 1 N–H and O–H groups in total. The summed E-state index contributed by atoms with van der Waals surface area (Å²) in [5, 5.41) is 9.39. The van der Waals surface area contributed by atoms with Gasteiger partial charge in [-0.2, -0.15) is 0 Å². The largest absolute Gasteiger partial charge is 0.481 e. The van der Waals surface area contributed by atoms with Crippen molar-refractivity contribution in [2.75, 3.05) is 0 Å². The van der Waals surface area contributed by atoms with E-state index in [0.717, 1.165) is 38.5 Å². The highest BCUT2D eigenvalue weighted by Gasteiger charge is 2.49. The van der Waals surface area contributed by atoms with Gasteiger partial charge >= 0.3 is 5.97 Å². The zero-order valence-corrected chi connectivity index (χ0v) is 11.1. The lowest BCUT2D eigenvalue weighted by Gasteiger charge is -2.40. The van der Waals surface area contributed by atoms with Crippen molar-refractivity contribution in [2.45, 2.75) is 82.3 Å². The Balaban J connectivity index is 1.60. The fourth-order valence-electron chi connectivity index (χ4n) is 4.15. The molecule has 0 aromatic heterocycles. The van der Waals surface area contributed by atoms with Crippen molar-refractivity contribution < 1.29 is 14.6 Å². The first-order valence-corrected chi connectivity index (χ1v) is 7.56. The molecule has 1 heterocycles. The summed E-state index contributed by atoms with van der Waals surface area (Å²) in [6, 6.07) is 0. The predicted octanol–water partition coefficient (Wildman–Crippen LogP) is 3.51. The van der Waals surface area contributed by atoms with E-state index in [0.29, 0.717) is 0 Å². The van der Waals surface area contributed by atoms with E-state index in [4.69, 9.17) is 4.74 Å². The molecular weight excluding hydrogens is 228 g/mol. The van der Waals surface area contributed by atoms with Crippen LogP contribution in [-0.4, -0.2) is 22.8 Å². The lowest BCUT2D eigenvalue weighted by Crippen LogP contribution is -2.41. The van der Waals surface area contributed by atoms with Gasteiger partial charge in [-0.15, -0.1) is 0 Å². The third kappa shape index (κ3) is 2.07. The summed E-state index contributed by atoms with van der Waals surface area (Å²) >= 11 is 0. The molecule has 1 atom stereocenters. The van der Waals surface area contributed by atoms with Crippen molar-refractivity contribution in [3.63, 3.8) is 0 Å². The van der Waals surface area contributed by atoms with E-state index in [1.165, 1.54) is 32.1 Å². The molecule has 18 heavy (non-hydrogen) atoms. The molecule has 3 heteroatoms. The molecule has 0 amide bonds. The van der Waals surface area contributed by atoms with Crippen molar-refractivity contribution >= 4 is 5.97 Å². The van der Waals surface area contributed by atoms with Crippen LogP contribution < -0.4 is 0 Å². The number of aliphatic carboxylic acids is 1. The number of hydrogen-bond donors (Lipinski definition) is 1. The lowest BCUT2D eigenvalue weighted by atomic mass is 9.65. The second-order valence-corrected chi connectivity index (χ2v) is 6.67. The SMILES string of the molecule is O=C(O)C1(CC2CCC3(CCCCC3)O2)CCC1. The van der Waals surface area contributed by atoms with Crippen LogP contribution in [0.4, 0.5) is 0 Å². The van der Waals surface area contributed by atoms with Gasteiger partial charge in [0.15, 0.2) is 0 Å². The molecule has 0 radical (unpaired) electrons. The van der Waals surface area contributed by atoms with Crippen LogP contribution in [0.5, 0.6) is 0 Å². The Morgan fingerprint density at radius 1 is 1.06 bits per heavy atom. The summed E-state index contributed by atoms with van der Waals surface area (Å²) in [4.78, 5) is 11.4. The van der Waals surface area contributed by atoms with Gasteiger partial charge in [-0.25, -0.2) is 0 Å². The Morgan fingerprint density at radius 3 is 2.33 bits per heavy atom. The van der Waals surface area contributed by atoms with Gasteiger partial charge in [0.1, 0.15) is 0 Å². The van der Waals surface area contributed by atoms with E-state index in [1.54, 1.807) is 0 Å². The highest BCUT2D eigenvalue weighted by molar-refractivity contribution is 5.75. The fraction of sp³-hybridized carbons (Fsp3) is 0.933. The maximum atomic E-state index is 11.4. The Hall–Kier alpha value is -0.570. The van der Waals surface area contributed by atoms with E-state index < -0.39 is 11.4 Å². The van der Waals surface area contributed by atoms with Crippen LogP contribution in [0, 0.1) is 5.41 Å². The van der Waals surface area contributed by atoms with Crippen molar-refractivity contribution in [3.8, 4) is 0 Å². The first kappa shape index (κ1) is 12.5. The normalized spacial score (nSPS) is 33.2. The molecule has 3 nitrogen and oxygen atoms in total. The number of rotatable bonds is 3. The molecular formula is C15H24O3. The third-order valence-corrected chi connectivity index (χ3v) is 5.49. The minimum Gasteiger partial charge on any atom is -0.481 e. The van der Waals surface area contributed by atoms with Crippen LogP contribution in [0.2, 0.25) is 0 Å². The minimum absolute atomic E-state index is 0.131. The van der Waals surface area contributed by atoms with Crippen LogP contribution >= 0.6 is 0 Å². The van der Waals surface area contributed by atoms with E-state index in [2.05, 4.69) is 0 Å². The zero-order valence-electron chi connectivity index (χ0n) is 11.1. The summed E-state index contributed by atoms with van der Waals surface area (Å²) in [5.74, 6) is -0.595. The van der Waals surface area contributed by atoms with E-state index in [-0.39, 0.29) is 11.7 Å². The Labute approximate surface area is 109 Å². The van der Waals surface area contributed by atoms with Gasteiger partial charge in [0.2, 0.25) is 0 Å². The summed E-state index contributed by atoms with van der Waals surface area (Å²) in [5.41, 5.74) is -0.308. The first-order valence-electron chi connectivity index (χ1n) is 7.56. The van der Waals surface area contributed by atoms with Gasteiger partial charge in [-0.1, -0.05) is 25.7 Å². The molecule has 1 unspecified atom stereocenters. The van der Waals surface area contributed by atoms with Gasteiger partial charge in [0, 0.05) is 0 Å². The molecule has 1 spiro atoms. The van der Waals surface area contributed by atoms with Gasteiger partial charge in [0.25, 0.3) is 0 Å². The van der Waals surface area contributed by atoms with Crippen LogP contribution in [0.25, 0.3) is 0 Å². The molecule has 2 aliphatic carbocycles. The number of carboxylic acids is 1. The highest BCUT2D eigenvalue weighted by Crippen LogP contribution is 2.50. The van der Waals surface area contributed by atoms with E-state index in [1.807, 2.05) is 0 Å². The van der Waals surface area contributed by atoms with Crippen LogP contribution in [-0.2, 0) is 9.53 Å². The summed E-state index contributed by atoms with van der Waals surface area (Å²) in [7, 11) is 0. The monoisotopic (exact) mass is 252 g/mol. The second kappa shape index (κ2) is 4.52. The number of ether oxygens (including phenoxy) is 1. The van der Waals surface area contributed by atoms with E-state index >= 15 is 0 Å². The average molecular weight is 252 g/mol. The molecule has 0 aromatic carbocycles. The van der Waals surface area contributed by atoms with Crippen LogP contribution in [0.1, 0.15) is 70.6 Å². The smallest absolute Gasteiger partial charge is 0.309 e.